The highest BCUT2D eigenvalue weighted by molar-refractivity contribution is 7.99. The summed E-state index contributed by atoms with van der Waals surface area (Å²) in [4.78, 5) is 11.6. The van der Waals surface area contributed by atoms with E-state index in [0.717, 1.165) is 23.6 Å². The highest BCUT2D eigenvalue weighted by atomic mass is 32.2. The molecule has 1 aromatic rings. The summed E-state index contributed by atoms with van der Waals surface area (Å²) in [6, 6.07) is 7.78. The summed E-state index contributed by atoms with van der Waals surface area (Å²) in [6.07, 6.45) is 3.94. The van der Waals surface area contributed by atoms with Gasteiger partial charge in [-0.2, -0.15) is 11.8 Å². The summed E-state index contributed by atoms with van der Waals surface area (Å²) in [6.45, 7) is 2.88. The summed E-state index contributed by atoms with van der Waals surface area (Å²) in [5.41, 5.74) is 7.60. The predicted molar refractivity (Wildman–Crippen MR) is 84.4 cm³/mol. The lowest BCUT2D eigenvalue weighted by Gasteiger charge is -2.05. The molecule has 0 heterocycles. The number of amides is 1. The Morgan fingerprint density at radius 2 is 2.00 bits per heavy atom. The van der Waals surface area contributed by atoms with Crippen molar-refractivity contribution in [2.45, 2.75) is 32.6 Å². The molecule has 0 aromatic heterocycles. The van der Waals surface area contributed by atoms with Crippen LogP contribution < -0.4 is 11.1 Å². The van der Waals surface area contributed by atoms with Crippen LogP contribution in [0.4, 0.5) is 5.69 Å². The van der Waals surface area contributed by atoms with Crippen molar-refractivity contribution in [3.8, 4) is 0 Å². The first-order valence-electron chi connectivity index (χ1n) is 6.91. The van der Waals surface area contributed by atoms with Crippen LogP contribution in [0.2, 0.25) is 0 Å². The first-order valence-corrected chi connectivity index (χ1v) is 8.06. The first-order chi connectivity index (χ1) is 9.22. The largest absolute Gasteiger partial charge is 0.399 e. The number of nitrogens with two attached hydrogens (primary N) is 1. The number of carbonyl (C=O) groups excluding carboxylic acids is 1. The van der Waals surface area contributed by atoms with E-state index in [9.17, 15) is 4.79 Å². The quantitative estimate of drug-likeness (QED) is 0.540. The van der Waals surface area contributed by atoms with Crippen LogP contribution in [0.3, 0.4) is 0 Å². The van der Waals surface area contributed by atoms with Gasteiger partial charge in [0.05, 0.1) is 0 Å². The van der Waals surface area contributed by atoms with E-state index in [1.165, 1.54) is 18.4 Å². The van der Waals surface area contributed by atoms with E-state index in [1.807, 2.05) is 36.0 Å². The fourth-order valence-electron chi connectivity index (χ4n) is 1.63. The maximum atomic E-state index is 11.6. The standard InChI is InChI=1S/C15H24N2OS/c1-2-3-11-19-12-9-15(18)17-10-8-13-4-6-14(16)7-5-13/h4-7H,2-3,8-12,16H2,1H3,(H,17,18). The normalized spacial score (nSPS) is 10.4. The van der Waals surface area contributed by atoms with Gasteiger partial charge in [-0.1, -0.05) is 25.5 Å². The molecule has 0 bridgehead atoms. The average Bonchev–Trinajstić information content (AvgIpc) is 2.41. The van der Waals surface area contributed by atoms with E-state index < -0.39 is 0 Å². The molecule has 3 N–H and O–H groups in total. The van der Waals surface area contributed by atoms with Gasteiger partial charge in [0, 0.05) is 24.4 Å². The molecule has 3 nitrogen and oxygen atoms in total. The van der Waals surface area contributed by atoms with Crippen LogP contribution in [0.15, 0.2) is 24.3 Å². The molecule has 4 heteroatoms. The third-order valence-corrected chi connectivity index (χ3v) is 3.90. The molecule has 1 rings (SSSR count). The number of carbonyl (C=O) groups is 1. The molecule has 0 saturated carbocycles. The van der Waals surface area contributed by atoms with Crippen molar-refractivity contribution in [3.63, 3.8) is 0 Å². The topological polar surface area (TPSA) is 55.1 Å². The molecule has 1 amide bonds. The Morgan fingerprint density at radius 1 is 1.26 bits per heavy atom. The highest BCUT2D eigenvalue weighted by Gasteiger charge is 2.01. The Kier molecular flexibility index (Phi) is 8.14. The molecular weight excluding hydrogens is 256 g/mol. The number of unbranched alkanes of at least 4 members (excludes halogenated alkanes) is 1. The van der Waals surface area contributed by atoms with Gasteiger partial charge in [-0.3, -0.25) is 4.79 Å². The molecule has 0 radical (unpaired) electrons. The molecule has 0 saturated heterocycles. The smallest absolute Gasteiger partial charge is 0.220 e. The van der Waals surface area contributed by atoms with Crippen LogP contribution >= 0.6 is 11.8 Å². The molecule has 0 fully saturated rings. The SMILES string of the molecule is CCCCSCCC(=O)NCCc1ccc(N)cc1. The highest BCUT2D eigenvalue weighted by Crippen LogP contribution is 2.07. The van der Waals surface area contributed by atoms with Crippen molar-refractivity contribution in [1.82, 2.24) is 5.32 Å². The van der Waals surface area contributed by atoms with Crippen LogP contribution in [-0.2, 0) is 11.2 Å². The molecular formula is C15H24N2OS. The Morgan fingerprint density at radius 3 is 2.68 bits per heavy atom. The number of anilines is 1. The number of hydrogen-bond acceptors (Lipinski definition) is 3. The van der Waals surface area contributed by atoms with E-state index in [2.05, 4.69) is 12.2 Å². The molecule has 19 heavy (non-hydrogen) atoms. The Hall–Kier alpha value is -1.16. The molecule has 0 aliphatic carbocycles. The maximum absolute atomic E-state index is 11.6. The van der Waals surface area contributed by atoms with Gasteiger partial charge in [0.1, 0.15) is 0 Å². The lowest BCUT2D eigenvalue weighted by atomic mass is 10.1. The Labute approximate surface area is 120 Å². The van der Waals surface area contributed by atoms with Crippen molar-refractivity contribution >= 4 is 23.4 Å². The third-order valence-electron chi connectivity index (χ3n) is 2.83. The minimum atomic E-state index is 0.152. The van der Waals surface area contributed by atoms with E-state index in [0.29, 0.717) is 13.0 Å². The zero-order valence-corrected chi connectivity index (χ0v) is 12.5. The summed E-state index contributed by atoms with van der Waals surface area (Å²) >= 11 is 1.86. The Bertz CT molecular complexity index is 365. The number of nitrogens with one attached hydrogen (secondary N) is 1. The monoisotopic (exact) mass is 280 g/mol. The maximum Gasteiger partial charge on any atom is 0.220 e. The minimum absolute atomic E-state index is 0.152. The van der Waals surface area contributed by atoms with Crippen LogP contribution in [0.1, 0.15) is 31.7 Å². The summed E-state index contributed by atoms with van der Waals surface area (Å²) < 4.78 is 0. The molecule has 106 valence electrons. The predicted octanol–water partition coefficient (Wildman–Crippen LogP) is 2.85. The van der Waals surface area contributed by atoms with Crippen molar-refractivity contribution < 1.29 is 4.79 Å². The summed E-state index contributed by atoms with van der Waals surface area (Å²) in [5.74, 6) is 2.24. The van der Waals surface area contributed by atoms with Gasteiger partial charge < -0.3 is 11.1 Å². The molecule has 0 atom stereocenters. The zero-order valence-electron chi connectivity index (χ0n) is 11.7. The van der Waals surface area contributed by atoms with E-state index >= 15 is 0 Å². The number of thioether (sulfide) groups is 1. The second kappa shape index (κ2) is 9.73. The van der Waals surface area contributed by atoms with Gasteiger partial charge in [0.25, 0.3) is 0 Å². The molecule has 0 aliphatic heterocycles. The number of hydrogen-bond donors (Lipinski definition) is 2. The molecule has 0 aliphatic rings. The van der Waals surface area contributed by atoms with E-state index in [-0.39, 0.29) is 5.91 Å². The van der Waals surface area contributed by atoms with Crippen LogP contribution in [0.5, 0.6) is 0 Å². The number of benzene rings is 1. The minimum Gasteiger partial charge on any atom is -0.399 e. The fraction of sp³-hybridized carbons (Fsp3) is 0.533. The van der Waals surface area contributed by atoms with Crippen LogP contribution in [0.25, 0.3) is 0 Å². The summed E-state index contributed by atoms with van der Waals surface area (Å²) in [5, 5.41) is 2.95. The zero-order chi connectivity index (χ0) is 13.9. The third kappa shape index (κ3) is 7.78. The van der Waals surface area contributed by atoms with Crippen molar-refractivity contribution in [2.75, 3.05) is 23.8 Å². The van der Waals surface area contributed by atoms with Gasteiger partial charge in [0.2, 0.25) is 5.91 Å². The molecule has 0 unspecified atom stereocenters. The first kappa shape index (κ1) is 15.9. The van der Waals surface area contributed by atoms with Crippen molar-refractivity contribution in [2.24, 2.45) is 0 Å². The molecule has 1 aromatic carbocycles. The second-order valence-electron chi connectivity index (χ2n) is 4.56. The average molecular weight is 280 g/mol. The fourth-order valence-corrected chi connectivity index (χ4v) is 2.66. The van der Waals surface area contributed by atoms with E-state index in [1.54, 1.807) is 0 Å². The number of rotatable bonds is 9. The second-order valence-corrected chi connectivity index (χ2v) is 5.78. The van der Waals surface area contributed by atoms with Crippen molar-refractivity contribution in [1.29, 1.82) is 0 Å². The summed E-state index contributed by atoms with van der Waals surface area (Å²) in [7, 11) is 0. The van der Waals surface area contributed by atoms with Crippen LogP contribution in [-0.4, -0.2) is 24.0 Å². The van der Waals surface area contributed by atoms with Gasteiger partial charge in [0.15, 0.2) is 0 Å². The van der Waals surface area contributed by atoms with Crippen LogP contribution in [0, 0.1) is 0 Å². The van der Waals surface area contributed by atoms with Gasteiger partial charge in [-0.05, 0) is 36.3 Å². The number of nitrogen functional groups attached to an aromatic ring is 1. The lowest BCUT2D eigenvalue weighted by molar-refractivity contribution is -0.120. The van der Waals surface area contributed by atoms with Gasteiger partial charge >= 0.3 is 0 Å². The van der Waals surface area contributed by atoms with Gasteiger partial charge in [-0.25, -0.2) is 0 Å². The molecule has 0 spiro atoms. The van der Waals surface area contributed by atoms with E-state index in [4.69, 9.17) is 5.73 Å². The van der Waals surface area contributed by atoms with Gasteiger partial charge in [-0.15, -0.1) is 0 Å². The Balaban J connectivity index is 2.05. The van der Waals surface area contributed by atoms with Crippen molar-refractivity contribution in [3.05, 3.63) is 29.8 Å². The lowest BCUT2D eigenvalue weighted by Crippen LogP contribution is -2.25.